The summed E-state index contributed by atoms with van der Waals surface area (Å²) in [4.78, 5) is 0. The van der Waals surface area contributed by atoms with Crippen molar-refractivity contribution in [2.24, 2.45) is 0 Å². The molecule has 88 valence electrons. The Morgan fingerprint density at radius 3 is 2.69 bits per heavy atom. The lowest BCUT2D eigenvalue weighted by atomic mass is 10.0. The topological polar surface area (TPSA) is 32.3 Å². The molecule has 1 atom stereocenters. The lowest BCUT2D eigenvalue weighted by molar-refractivity contribution is 0.379. The van der Waals surface area contributed by atoms with Crippen LogP contribution >= 0.6 is 0 Å². The van der Waals surface area contributed by atoms with Gasteiger partial charge in [-0.05, 0) is 31.9 Å². The van der Waals surface area contributed by atoms with Gasteiger partial charge in [-0.25, -0.2) is 8.78 Å². The minimum atomic E-state index is -1.62. The predicted octanol–water partition coefficient (Wildman–Crippen LogP) is 2.10. The number of phenolic OH excluding ortho intramolecular Hbond substituents is 1. The van der Waals surface area contributed by atoms with E-state index in [9.17, 15) is 18.3 Å². The average Bonchev–Trinajstić information content (AvgIpc) is 2.76. The Labute approximate surface area is 91.1 Å². The zero-order valence-corrected chi connectivity index (χ0v) is 8.56. The van der Waals surface area contributed by atoms with E-state index in [1.807, 2.05) is 0 Å². The monoisotopic (exact) mass is 231 g/mol. The van der Waals surface area contributed by atoms with Crippen molar-refractivity contribution in [1.29, 1.82) is 0 Å². The van der Waals surface area contributed by atoms with E-state index in [1.54, 1.807) is 0 Å². The third-order valence-corrected chi connectivity index (χ3v) is 2.84. The molecule has 1 saturated heterocycles. The summed E-state index contributed by atoms with van der Waals surface area (Å²) in [6.45, 7) is 0.859. The number of rotatable bonds is 2. The first-order valence-corrected chi connectivity index (χ1v) is 5.18. The molecule has 1 heterocycles. The molecule has 5 heteroatoms. The molecule has 2 nitrogen and oxygen atoms in total. The second kappa shape index (κ2) is 4.33. The third kappa shape index (κ3) is 2.00. The molecular weight excluding hydrogens is 219 g/mol. The van der Waals surface area contributed by atoms with Gasteiger partial charge < -0.3 is 10.4 Å². The summed E-state index contributed by atoms with van der Waals surface area (Å²) in [6.07, 6.45) is 2.19. The van der Waals surface area contributed by atoms with Crippen LogP contribution in [0.2, 0.25) is 0 Å². The Balaban J connectivity index is 2.26. The van der Waals surface area contributed by atoms with E-state index in [1.165, 1.54) is 0 Å². The highest BCUT2D eigenvalue weighted by Gasteiger charge is 2.21. The van der Waals surface area contributed by atoms with Crippen LogP contribution in [0.25, 0.3) is 0 Å². The molecular formula is C11H12F3NO. The smallest absolute Gasteiger partial charge is 0.203 e. The third-order valence-electron chi connectivity index (χ3n) is 2.84. The van der Waals surface area contributed by atoms with Crippen molar-refractivity contribution in [3.8, 4) is 5.75 Å². The van der Waals surface area contributed by atoms with E-state index in [2.05, 4.69) is 5.32 Å². The maximum atomic E-state index is 13.0. The normalized spacial score (nSPS) is 20.3. The maximum absolute atomic E-state index is 13.0. The summed E-state index contributed by atoms with van der Waals surface area (Å²) in [5.74, 6) is -5.18. The van der Waals surface area contributed by atoms with Crippen LogP contribution in [0.3, 0.4) is 0 Å². The number of hydrogen-bond acceptors (Lipinski definition) is 2. The van der Waals surface area contributed by atoms with E-state index in [0.717, 1.165) is 25.5 Å². The van der Waals surface area contributed by atoms with Crippen LogP contribution in [0.5, 0.6) is 5.75 Å². The van der Waals surface area contributed by atoms with Gasteiger partial charge in [0, 0.05) is 11.6 Å². The van der Waals surface area contributed by atoms with Gasteiger partial charge >= 0.3 is 0 Å². The second-order valence-corrected chi connectivity index (χ2v) is 3.99. The van der Waals surface area contributed by atoms with Gasteiger partial charge in [-0.1, -0.05) is 0 Å². The summed E-state index contributed by atoms with van der Waals surface area (Å²) in [5, 5.41) is 12.5. The molecule has 0 amide bonds. The fraction of sp³-hybridized carbons (Fsp3) is 0.455. The van der Waals surface area contributed by atoms with Crippen LogP contribution in [0.1, 0.15) is 18.4 Å². The van der Waals surface area contributed by atoms with Crippen molar-refractivity contribution in [3.63, 3.8) is 0 Å². The molecule has 1 unspecified atom stereocenters. The average molecular weight is 231 g/mol. The van der Waals surface area contributed by atoms with Crippen LogP contribution in [0.15, 0.2) is 6.07 Å². The standard InChI is InChI=1S/C11H12F3NO/c12-8-5-6(4-7-2-1-3-15-7)11(16)10(14)9(8)13/h5,7,15-16H,1-4H2. The van der Waals surface area contributed by atoms with Crippen molar-refractivity contribution in [3.05, 3.63) is 29.1 Å². The van der Waals surface area contributed by atoms with Gasteiger partial charge in [0.1, 0.15) is 0 Å². The number of aromatic hydroxyl groups is 1. The van der Waals surface area contributed by atoms with Gasteiger partial charge in [-0.2, -0.15) is 4.39 Å². The largest absolute Gasteiger partial charge is 0.505 e. The molecule has 1 aromatic carbocycles. The summed E-state index contributed by atoms with van der Waals surface area (Å²) in [5.41, 5.74) is 0.107. The second-order valence-electron chi connectivity index (χ2n) is 3.99. The van der Waals surface area contributed by atoms with Crippen molar-refractivity contribution in [2.75, 3.05) is 6.54 Å². The van der Waals surface area contributed by atoms with Crippen molar-refractivity contribution in [1.82, 2.24) is 5.32 Å². The Kier molecular flexibility index (Phi) is 3.05. The Hall–Kier alpha value is -1.23. The highest BCUT2D eigenvalue weighted by Crippen LogP contribution is 2.27. The Morgan fingerprint density at radius 1 is 1.31 bits per heavy atom. The van der Waals surface area contributed by atoms with Crippen LogP contribution < -0.4 is 5.32 Å². The van der Waals surface area contributed by atoms with E-state index >= 15 is 0 Å². The molecule has 0 bridgehead atoms. The maximum Gasteiger partial charge on any atom is 0.203 e. The highest BCUT2D eigenvalue weighted by molar-refractivity contribution is 5.36. The minimum absolute atomic E-state index is 0.0927. The summed E-state index contributed by atoms with van der Waals surface area (Å²) in [6, 6.07) is 0.948. The fourth-order valence-electron chi connectivity index (χ4n) is 1.99. The molecule has 0 aliphatic carbocycles. The molecule has 0 spiro atoms. The molecule has 1 aliphatic rings. The van der Waals surface area contributed by atoms with Gasteiger partial charge in [-0.3, -0.25) is 0 Å². The number of hydrogen-bond donors (Lipinski definition) is 2. The van der Waals surface area contributed by atoms with Gasteiger partial charge in [0.05, 0.1) is 0 Å². The van der Waals surface area contributed by atoms with Crippen molar-refractivity contribution in [2.45, 2.75) is 25.3 Å². The molecule has 0 saturated carbocycles. The number of phenols is 1. The predicted molar refractivity (Wildman–Crippen MR) is 52.7 cm³/mol. The van der Waals surface area contributed by atoms with Gasteiger partial charge in [0.15, 0.2) is 17.4 Å². The lowest BCUT2D eigenvalue weighted by Crippen LogP contribution is -2.23. The Morgan fingerprint density at radius 2 is 2.06 bits per heavy atom. The molecule has 16 heavy (non-hydrogen) atoms. The van der Waals surface area contributed by atoms with Gasteiger partial charge in [0.2, 0.25) is 5.82 Å². The van der Waals surface area contributed by atoms with Crippen molar-refractivity contribution < 1.29 is 18.3 Å². The zero-order valence-electron chi connectivity index (χ0n) is 8.56. The van der Waals surface area contributed by atoms with Crippen LogP contribution in [-0.4, -0.2) is 17.7 Å². The van der Waals surface area contributed by atoms with Crippen LogP contribution in [0, 0.1) is 17.5 Å². The molecule has 2 N–H and O–H groups in total. The number of halogens is 3. The number of nitrogens with one attached hydrogen (secondary N) is 1. The molecule has 1 aromatic rings. The van der Waals surface area contributed by atoms with E-state index in [0.29, 0.717) is 6.42 Å². The molecule has 2 rings (SSSR count). The number of benzene rings is 1. The molecule has 1 aliphatic heterocycles. The Bertz CT molecular complexity index is 403. The van der Waals surface area contributed by atoms with Crippen molar-refractivity contribution >= 4 is 0 Å². The first kappa shape index (κ1) is 11.3. The van der Waals surface area contributed by atoms with Gasteiger partial charge in [-0.15, -0.1) is 0 Å². The molecule has 0 aromatic heterocycles. The summed E-state index contributed by atoms with van der Waals surface area (Å²) >= 11 is 0. The fourth-order valence-corrected chi connectivity index (χ4v) is 1.99. The quantitative estimate of drug-likeness (QED) is 0.764. The lowest BCUT2D eigenvalue weighted by Gasteiger charge is -2.12. The van der Waals surface area contributed by atoms with Crippen LogP contribution in [-0.2, 0) is 6.42 Å². The molecule has 0 radical (unpaired) electrons. The SMILES string of the molecule is Oc1c(CC2CCCN2)cc(F)c(F)c1F. The van der Waals surface area contributed by atoms with Gasteiger partial charge in [0.25, 0.3) is 0 Å². The van der Waals surface area contributed by atoms with Crippen LogP contribution in [0.4, 0.5) is 13.2 Å². The van der Waals surface area contributed by atoms with E-state index < -0.39 is 23.2 Å². The first-order chi connectivity index (χ1) is 7.59. The summed E-state index contributed by atoms with van der Waals surface area (Å²) < 4.78 is 38.7. The van der Waals surface area contributed by atoms with E-state index in [-0.39, 0.29) is 11.6 Å². The first-order valence-electron chi connectivity index (χ1n) is 5.18. The van der Waals surface area contributed by atoms with E-state index in [4.69, 9.17) is 0 Å². The highest BCUT2D eigenvalue weighted by atomic mass is 19.2. The summed E-state index contributed by atoms with van der Waals surface area (Å²) in [7, 11) is 0. The zero-order chi connectivity index (χ0) is 11.7. The molecule has 1 fully saturated rings. The minimum Gasteiger partial charge on any atom is -0.505 e.